The first-order valence-corrected chi connectivity index (χ1v) is 9.21. The highest BCUT2D eigenvalue weighted by atomic mass is 19.4. The highest BCUT2D eigenvalue weighted by molar-refractivity contribution is 5.97. The number of anilines is 1. The Labute approximate surface area is 164 Å². The number of H-pyrrole nitrogens is 1. The van der Waals surface area contributed by atoms with E-state index in [2.05, 4.69) is 25.3 Å². The quantitative estimate of drug-likeness (QED) is 0.699. The average molecular weight is 404 g/mol. The normalized spacial score (nSPS) is 15.7. The van der Waals surface area contributed by atoms with E-state index in [1.165, 1.54) is 0 Å². The van der Waals surface area contributed by atoms with Crippen molar-refractivity contribution in [2.24, 2.45) is 0 Å². The summed E-state index contributed by atoms with van der Waals surface area (Å²) in [7, 11) is 0. The standard InChI is InChI=1S/C19H19F3N6O/c1-11-25-14-3-2-12(8-15(14)26-11)18(29)28-6-4-13(5-7-28)27-17-9-16(19(20,21)22)23-10-24-17/h2-3,8-10,13H,4-7H2,1H3,(H,25,26)(H,23,24,27). The van der Waals surface area contributed by atoms with Crippen LogP contribution in [0.5, 0.6) is 0 Å². The van der Waals surface area contributed by atoms with E-state index < -0.39 is 11.9 Å². The van der Waals surface area contributed by atoms with Crippen molar-refractivity contribution in [1.82, 2.24) is 24.8 Å². The third kappa shape index (κ3) is 4.15. The topological polar surface area (TPSA) is 86.8 Å². The number of nitrogens with one attached hydrogen (secondary N) is 2. The second-order valence-electron chi connectivity index (χ2n) is 7.05. The number of halogens is 3. The van der Waals surface area contributed by atoms with Crippen molar-refractivity contribution in [2.45, 2.75) is 32.0 Å². The molecule has 3 aromatic rings. The maximum absolute atomic E-state index is 12.8. The number of carbonyl (C=O) groups is 1. The highest BCUT2D eigenvalue weighted by Crippen LogP contribution is 2.28. The number of piperidine rings is 1. The molecule has 29 heavy (non-hydrogen) atoms. The van der Waals surface area contributed by atoms with Crippen molar-refractivity contribution in [1.29, 1.82) is 0 Å². The van der Waals surface area contributed by atoms with Crippen molar-refractivity contribution in [3.63, 3.8) is 0 Å². The first-order valence-electron chi connectivity index (χ1n) is 9.21. The predicted octanol–water partition coefficient (Wildman–Crippen LogP) is 3.40. The number of carbonyl (C=O) groups excluding carboxylic acids is 1. The maximum Gasteiger partial charge on any atom is 0.433 e. The number of hydrogen-bond acceptors (Lipinski definition) is 5. The molecule has 3 heterocycles. The Hall–Kier alpha value is -3.17. The molecule has 2 N–H and O–H groups in total. The van der Waals surface area contributed by atoms with Crippen molar-refractivity contribution in [3.05, 3.63) is 47.7 Å². The van der Waals surface area contributed by atoms with Crippen molar-refractivity contribution in [3.8, 4) is 0 Å². The SMILES string of the molecule is Cc1nc2ccc(C(=O)N3CCC(Nc4cc(C(F)(F)F)ncn4)CC3)cc2[nH]1. The number of fused-ring (bicyclic) bond motifs is 1. The summed E-state index contributed by atoms with van der Waals surface area (Å²) in [6.45, 7) is 2.87. The molecule has 1 saturated heterocycles. The fourth-order valence-corrected chi connectivity index (χ4v) is 3.48. The van der Waals surface area contributed by atoms with Crippen molar-refractivity contribution in [2.75, 3.05) is 18.4 Å². The number of alkyl halides is 3. The number of hydrogen-bond donors (Lipinski definition) is 2. The molecule has 7 nitrogen and oxygen atoms in total. The molecule has 4 rings (SSSR count). The lowest BCUT2D eigenvalue weighted by atomic mass is 10.0. The zero-order valence-electron chi connectivity index (χ0n) is 15.6. The number of aryl methyl sites for hydroxylation is 1. The zero-order chi connectivity index (χ0) is 20.6. The van der Waals surface area contributed by atoms with Crippen LogP contribution in [-0.2, 0) is 6.18 Å². The molecular weight excluding hydrogens is 385 g/mol. The molecule has 152 valence electrons. The van der Waals surface area contributed by atoms with E-state index >= 15 is 0 Å². The summed E-state index contributed by atoms with van der Waals surface area (Å²) in [4.78, 5) is 29.1. The monoisotopic (exact) mass is 404 g/mol. The largest absolute Gasteiger partial charge is 0.433 e. The minimum Gasteiger partial charge on any atom is -0.367 e. The van der Waals surface area contributed by atoms with Crippen molar-refractivity contribution >= 4 is 22.8 Å². The van der Waals surface area contributed by atoms with Crippen LogP contribution in [0.3, 0.4) is 0 Å². The summed E-state index contributed by atoms with van der Waals surface area (Å²) in [5.74, 6) is 0.853. The van der Waals surface area contributed by atoms with Gasteiger partial charge in [0.05, 0.1) is 11.0 Å². The Kier molecular flexibility index (Phi) is 4.85. The van der Waals surface area contributed by atoms with Gasteiger partial charge in [-0.05, 0) is 38.0 Å². The van der Waals surface area contributed by atoms with Gasteiger partial charge in [-0.25, -0.2) is 15.0 Å². The molecule has 0 radical (unpaired) electrons. The Morgan fingerprint density at radius 1 is 1.21 bits per heavy atom. The van der Waals surface area contributed by atoms with E-state index in [0.29, 0.717) is 31.5 Å². The van der Waals surface area contributed by atoms with Crippen LogP contribution < -0.4 is 5.32 Å². The third-order valence-electron chi connectivity index (χ3n) is 4.94. The number of amides is 1. The van der Waals surface area contributed by atoms with Gasteiger partial charge in [-0.3, -0.25) is 4.79 Å². The second-order valence-corrected chi connectivity index (χ2v) is 7.05. The molecule has 0 atom stereocenters. The lowest BCUT2D eigenvalue weighted by Crippen LogP contribution is -2.42. The van der Waals surface area contributed by atoms with E-state index in [-0.39, 0.29) is 17.8 Å². The molecule has 0 unspecified atom stereocenters. The second kappa shape index (κ2) is 7.34. The molecule has 10 heteroatoms. The van der Waals surface area contributed by atoms with Gasteiger partial charge in [-0.2, -0.15) is 13.2 Å². The minimum absolute atomic E-state index is 0.0622. The van der Waals surface area contributed by atoms with Crippen LogP contribution in [0.25, 0.3) is 11.0 Å². The van der Waals surface area contributed by atoms with E-state index in [9.17, 15) is 18.0 Å². The molecule has 1 aromatic carbocycles. The van der Waals surface area contributed by atoms with Gasteiger partial charge in [0.1, 0.15) is 23.7 Å². The number of likely N-dealkylation sites (tertiary alicyclic amines) is 1. The van der Waals surface area contributed by atoms with Crippen LogP contribution in [0.2, 0.25) is 0 Å². The highest BCUT2D eigenvalue weighted by Gasteiger charge is 2.33. The van der Waals surface area contributed by atoms with Crippen LogP contribution in [-0.4, -0.2) is 49.9 Å². The van der Waals surface area contributed by atoms with Gasteiger partial charge in [-0.1, -0.05) is 0 Å². The summed E-state index contributed by atoms with van der Waals surface area (Å²) in [6, 6.07) is 6.20. The molecular formula is C19H19F3N6O. The molecule has 0 spiro atoms. The first-order chi connectivity index (χ1) is 13.8. The van der Waals surface area contributed by atoms with E-state index in [1.807, 2.05) is 13.0 Å². The van der Waals surface area contributed by atoms with Gasteiger partial charge < -0.3 is 15.2 Å². The van der Waals surface area contributed by atoms with Crippen LogP contribution in [0, 0.1) is 6.92 Å². The lowest BCUT2D eigenvalue weighted by molar-refractivity contribution is -0.141. The fraction of sp³-hybridized carbons (Fsp3) is 0.368. The van der Waals surface area contributed by atoms with Gasteiger partial charge in [0, 0.05) is 30.8 Å². The smallest absolute Gasteiger partial charge is 0.367 e. The van der Waals surface area contributed by atoms with E-state index in [0.717, 1.165) is 29.3 Å². The molecule has 0 saturated carbocycles. The third-order valence-corrected chi connectivity index (χ3v) is 4.94. The molecule has 0 aliphatic carbocycles. The Balaban J connectivity index is 1.38. The lowest BCUT2D eigenvalue weighted by Gasteiger charge is -2.32. The summed E-state index contributed by atoms with van der Waals surface area (Å²) < 4.78 is 38.3. The molecule has 2 aromatic heterocycles. The van der Waals surface area contributed by atoms with Crippen LogP contribution in [0.1, 0.15) is 34.7 Å². The van der Waals surface area contributed by atoms with Gasteiger partial charge >= 0.3 is 6.18 Å². The number of nitrogens with zero attached hydrogens (tertiary/aromatic N) is 4. The number of benzene rings is 1. The van der Waals surface area contributed by atoms with Gasteiger partial charge in [0.25, 0.3) is 5.91 Å². The Morgan fingerprint density at radius 3 is 2.69 bits per heavy atom. The van der Waals surface area contributed by atoms with E-state index in [4.69, 9.17) is 0 Å². The summed E-state index contributed by atoms with van der Waals surface area (Å²) in [5.41, 5.74) is 1.23. The van der Waals surface area contributed by atoms with Crippen LogP contribution in [0.15, 0.2) is 30.6 Å². The molecule has 1 fully saturated rings. The van der Waals surface area contributed by atoms with Crippen LogP contribution >= 0.6 is 0 Å². The number of aromatic amines is 1. The Bertz CT molecular complexity index is 1040. The maximum atomic E-state index is 12.8. The average Bonchev–Trinajstić information content (AvgIpc) is 3.07. The summed E-state index contributed by atoms with van der Waals surface area (Å²) in [6.07, 6.45) is -2.38. The number of imidazole rings is 1. The summed E-state index contributed by atoms with van der Waals surface area (Å²) in [5, 5.41) is 3.02. The van der Waals surface area contributed by atoms with Crippen LogP contribution in [0.4, 0.5) is 19.0 Å². The zero-order valence-corrected chi connectivity index (χ0v) is 15.6. The molecule has 1 amide bonds. The first kappa shape index (κ1) is 19.2. The number of aromatic nitrogens is 4. The van der Waals surface area contributed by atoms with Gasteiger partial charge in [0.2, 0.25) is 0 Å². The molecule has 1 aliphatic rings. The van der Waals surface area contributed by atoms with Crippen molar-refractivity contribution < 1.29 is 18.0 Å². The predicted molar refractivity (Wildman–Crippen MR) is 100 cm³/mol. The summed E-state index contributed by atoms with van der Waals surface area (Å²) >= 11 is 0. The van der Waals surface area contributed by atoms with Gasteiger partial charge in [-0.15, -0.1) is 0 Å². The minimum atomic E-state index is -4.51. The number of rotatable bonds is 3. The van der Waals surface area contributed by atoms with E-state index in [1.54, 1.807) is 17.0 Å². The molecule has 1 aliphatic heterocycles. The van der Waals surface area contributed by atoms with Gasteiger partial charge in [0.15, 0.2) is 0 Å². The fourth-order valence-electron chi connectivity index (χ4n) is 3.48. The molecule has 0 bridgehead atoms. The Morgan fingerprint density at radius 2 is 1.97 bits per heavy atom.